The molecule has 0 saturated carbocycles. The summed E-state index contributed by atoms with van der Waals surface area (Å²) < 4.78 is 15.6. The molecule has 30 heavy (non-hydrogen) atoms. The Hall–Kier alpha value is -2.78. The van der Waals surface area contributed by atoms with Gasteiger partial charge in [0.05, 0.1) is 0 Å². The average molecular weight is 414 g/mol. The monoisotopic (exact) mass is 414 g/mol. The second-order valence-electron chi connectivity index (χ2n) is 8.00. The molecule has 0 spiro atoms. The van der Waals surface area contributed by atoms with E-state index in [-0.39, 0.29) is 0 Å². The number of fused-ring (bicyclic) bond motifs is 7. The normalized spacial score (nSPS) is 16.0. The summed E-state index contributed by atoms with van der Waals surface area (Å²) in [5.41, 5.74) is 1.82. The van der Waals surface area contributed by atoms with Crippen LogP contribution in [0.15, 0.2) is 81.2 Å². The molecule has 4 aromatic carbocycles. The van der Waals surface area contributed by atoms with Crippen LogP contribution >= 0.6 is 8.16 Å². The third kappa shape index (κ3) is 2.92. The Morgan fingerprint density at radius 3 is 1.67 bits per heavy atom. The summed E-state index contributed by atoms with van der Waals surface area (Å²) in [6.45, 7) is 3.96. The van der Waals surface area contributed by atoms with Crippen LogP contribution in [0, 0.1) is 0 Å². The fraction of sp³-hybridized carbons (Fsp3) is 0.200. The zero-order chi connectivity index (χ0) is 20.1. The van der Waals surface area contributed by atoms with E-state index in [0.717, 1.165) is 48.1 Å². The van der Waals surface area contributed by atoms with Gasteiger partial charge in [-0.25, -0.2) is 4.67 Å². The molecule has 150 valence electrons. The Balaban J connectivity index is 1.79. The standard InChI is InChI=1S/C25H23N2O2P/c1-26-14-16-27(17-15-26)30-28-22-12-10-18-6-2-4-8-20(18)24(22)25-21-9-5-3-7-19(21)11-13-23(25)29-30/h2-13H,14-17H2,1H3. The van der Waals surface area contributed by atoms with E-state index >= 15 is 0 Å². The van der Waals surface area contributed by atoms with Gasteiger partial charge in [-0.15, -0.1) is 0 Å². The lowest BCUT2D eigenvalue weighted by molar-refractivity contribution is 0.316. The molecular formula is C25H23N2O2P. The molecule has 1 aliphatic rings. The zero-order valence-electron chi connectivity index (χ0n) is 16.9. The minimum absolute atomic E-state index is 0.911. The van der Waals surface area contributed by atoms with Gasteiger partial charge in [-0.1, -0.05) is 60.7 Å². The van der Waals surface area contributed by atoms with E-state index in [1.54, 1.807) is 0 Å². The third-order valence-electron chi connectivity index (χ3n) is 6.10. The lowest BCUT2D eigenvalue weighted by Gasteiger charge is -2.29. The van der Waals surface area contributed by atoms with Gasteiger partial charge in [0, 0.05) is 37.0 Å². The molecule has 0 amide bonds. The number of hydrogen-bond acceptors (Lipinski definition) is 4. The van der Waals surface area contributed by atoms with Crippen LogP contribution in [0.3, 0.4) is 0 Å². The Morgan fingerprint density at radius 1 is 0.633 bits per heavy atom. The molecule has 1 aromatic heterocycles. The van der Waals surface area contributed by atoms with Crippen LogP contribution in [0.2, 0.25) is 0 Å². The highest BCUT2D eigenvalue weighted by Gasteiger charge is 2.21. The second-order valence-corrected chi connectivity index (χ2v) is 9.40. The van der Waals surface area contributed by atoms with Gasteiger partial charge in [0.2, 0.25) is 0 Å². The van der Waals surface area contributed by atoms with Crippen molar-refractivity contribution in [3.05, 3.63) is 72.8 Å². The molecule has 0 bridgehead atoms. The van der Waals surface area contributed by atoms with Gasteiger partial charge in [-0.3, -0.25) is 0 Å². The molecule has 0 N–H and O–H groups in total. The number of rotatable bonds is 1. The predicted octanol–water partition coefficient (Wildman–Crippen LogP) is 6.48. The Morgan fingerprint density at radius 2 is 1.13 bits per heavy atom. The number of likely N-dealkylation sites (N-methyl/N-ethyl adjacent to an activating group) is 1. The maximum Gasteiger partial charge on any atom is 0.309 e. The number of nitrogens with zero attached hydrogens (tertiary/aromatic N) is 2. The van der Waals surface area contributed by atoms with Gasteiger partial charge in [0.15, 0.2) is 0 Å². The number of piperazine rings is 1. The van der Waals surface area contributed by atoms with Crippen LogP contribution in [0.4, 0.5) is 0 Å². The van der Waals surface area contributed by atoms with Crippen molar-refractivity contribution in [2.45, 2.75) is 0 Å². The summed E-state index contributed by atoms with van der Waals surface area (Å²) in [7, 11) is 0.956. The summed E-state index contributed by atoms with van der Waals surface area (Å²) in [5.74, 6) is 0. The smallest absolute Gasteiger partial charge is 0.309 e. The second kappa shape index (κ2) is 7.17. The molecule has 0 unspecified atom stereocenters. The van der Waals surface area contributed by atoms with Gasteiger partial charge in [0.25, 0.3) is 0 Å². The summed E-state index contributed by atoms with van der Waals surface area (Å²) in [6, 6.07) is 25.6. The van der Waals surface area contributed by atoms with Crippen molar-refractivity contribution in [3.63, 3.8) is 0 Å². The highest BCUT2D eigenvalue weighted by atomic mass is 31.1. The lowest BCUT2D eigenvalue weighted by Crippen LogP contribution is -2.43. The molecule has 1 fully saturated rings. The van der Waals surface area contributed by atoms with Crippen LogP contribution < -0.4 is 4.67 Å². The van der Waals surface area contributed by atoms with Crippen LogP contribution in [-0.2, 0) is 0 Å². The van der Waals surface area contributed by atoms with Crippen molar-refractivity contribution in [3.8, 4) is 0 Å². The van der Waals surface area contributed by atoms with Gasteiger partial charge in [-0.2, -0.15) is 0 Å². The first-order valence-corrected chi connectivity index (χ1v) is 11.5. The Labute approximate surface area is 175 Å². The summed E-state index contributed by atoms with van der Waals surface area (Å²) in [4.78, 5) is 2.35. The van der Waals surface area contributed by atoms with Gasteiger partial charge >= 0.3 is 8.16 Å². The van der Waals surface area contributed by atoms with Gasteiger partial charge < -0.3 is 13.3 Å². The van der Waals surface area contributed by atoms with E-state index in [0.29, 0.717) is 0 Å². The molecular weight excluding hydrogens is 391 g/mol. The summed E-state index contributed by atoms with van der Waals surface area (Å²) in [6.07, 6.45) is 0. The third-order valence-corrected chi connectivity index (χ3v) is 7.66. The fourth-order valence-electron chi connectivity index (χ4n) is 4.43. The van der Waals surface area contributed by atoms with E-state index in [1.165, 1.54) is 21.5 Å². The van der Waals surface area contributed by atoms with Crippen molar-refractivity contribution in [1.29, 1.82) is 0 Å². The predicted molar refractivity (Wildman–Crippen MR) is 127 cm³/mol. The molecule has 0 radical (unpaired) electrons. The van der Waals surface area contributed by atoms with Crippen LogP contribution in [0.5, 0.6) is 0 Å². The molecule has 0 atom stereocenters. The van der Waals surface area contributed by atoms with Crippen LogP contribution in [0.25, 0.3) is 43.5 Å². The number of hydrogen-bond donors (Lipinski definition) is 0. The van der Waals surface area contributed by atoms with Gasteiger partial charge in [0.1, 0.15) is 11.2 Å². The highest BCUT2D eigenvalue weighted by Crippen LogP contribution is 2.41. The maximum atomic E-state index is 6.62. The van der Waals surface area contributed by atoms with Gasteiger partial charge in [-0.05, 0) is 40.7 Å². The van der Waals surface area contributed by atoms with E-state index < -0.39 is 8.16 Å². The summed E-state index contributed by atoms with van der Waals surface area (Å²) in [5, 5.41) is 7.10. The number of benzene rings is 4. The fourth-order valence-corrected chi connectivity index (χ4v) is 5.85. The first kappa shape index (κ1) is 18.0. The van der Waals surface area contributed by atoms with Crippen LogP contribution in [-0.4, -0.2) is 38.1 Å². The Bertz CT molecular complexity index is 1340. The summed E-state index contributed by atoms with van der Waals surface area (Å²) >= 11 is 0. The molecule has 0 aliphatic carbocycles. The SMILES string of the molecule is CN1CCN(p2oc3ccc4ccccc4c3c3c(ccc4ccccc43)o2)CC1. The van der Waals surface area contributed by atoms with Crippen molar-refractivity contribution in [2.75, 3.05) is 37.9 Å². The molecule has 1 saturated heterocycles. The topological polar surface area (TPSA) is 32.8 Å². The molecule has 4 nitrogen and oxygen atoms in total. The molecule has 6 rings (SSSR count). The van der Waals surface area contributed by atoms with E-state index in [2.05, 4.69) is 89.4 Å². The minimum Gasteiger partial charge on any atom is -0.408 e. The minimum atomic E-state index is -1.21. The molecule has 5 heteroatoms. The van der Waals surface area contributed by atoms with Crippen LogP contribution in [0.1, 0.15) is 0 Å². The van der Waals surface area contributed by atoms with E-state index in [9.17, 15) is 0 Å². The zero-order valence-corrected chi connectivity index (χ0v) is 17.8. The van der Waals surface area contributed by atoms with Crippen molar-refractivity contribution < 1.29 is 8.39 Å². The molecule has 5 aromatic rings. The van der Waals surface area contributed by atoms with E-state index in [4.69, 9.17) is 8.39 Å². The largest absolute Gasteiger partial charge is 0.408 e. The highest BCUT2D eigenvalue weighted by molar-refractivity contribution is 7.39. The maximum absolute atomic E-state index is 6.62. The Kier molecular flexibility index (Phi) is 4.31. The lowest BCUT2D eigenvalue weighted by atomic mass is 9.99. The first-order valence-electron chi connectivity index (χ1n) is 10.4. The first-order chi connectivity index (χ1) is 14.8. The van der Waals surface area contributed by atoms with Crippen molar-refractivity contribution >= 4 is 51.6 Å². The molecule has 2 heterocycles. The van der Waals surface area contributed by atoms with Crippen molar-refractivity contribution in [1.82, 2.24) is 4.90 Å². The van der Waals surface area contributed by atoms with E-state index in [1.807, 2.05) is 0 Å². The van der Waals surface area contributed by atoms with Crippen molar-refractivity contribution in [2.24, 2.45) is 0 Å². The quantitative estimate of drug-likeness (QED) is 0.314. The molecule has 1 aliphatic heterocycles. The average Bonchev–Trinajstić information content (AvgIpc) is 2.97.